The van der Waals surface area contributed by atoms with E-state index in [1.165, 1.54) is 12.8 Å². The molecule has 0 atom stereocenters. The second-order valence-corrected chi connectivity index (χ2v) is 2.11. The summed E-state index contributed by atoms with van der Waals surface area (Å²) in [6.07, 6.45) is 4.53. The van der Waals surface area contributed by atoms with Crippen molar-refractivity contribution >= 4 is 0 Å². The third-order valence-corrected chi connectivity index (χ3v) is 1.68. The molecule has 1 aliphatic rings. The molecule has 0 heterocycles. The first-order valence-electron chi connectivity index (χ1n) is 2.65. The smallest absolute Gasteiger partial charge is 0.0360 e. The molecule has 0 aromatic rings. The van der Waals surface area contributed by atoms with E-state index in [2.05, 4.69) is 11.9 Å². The summed E-state index contributed by atoms with van der Waals surface area (Å²) in [6.45, 7) is 3.70. The van der Waals surface area contributed by atoms with E-state index in [9.17, 15) is 0 Å². The molecule has 0 spiro atoms. The highest BCUT2D eigenvalue weighted by Crippen LogP contribution is 2.35. The van der Waals surface area contributed by atoms with Crippen LogP contribution in [0.25, 0.3) is 0 Å². The van der Waals surface area contributed by atoms with E-state index >= 15 is 0 Å². The Labute approximate surface area is 44.4 Å². The normalized spacial score (nSPS) is 24.1. The van der Waals surface area contributed by atoms with Crippen molar-refractivity contribution in [3.05, 3.63) is 12.7 Å². The van der Waals surface area contributed by atoms with Gasteiger partial charge < -0.3 is 5.32 Å². The minimum absolute atomic E-state index is 0.347. The van der Waals surface area contributed by atoms with Gasteiger partial charge in [0, 0.05) is 5.54 Å². The fourth-order valence-corrected chi connectivity index (χ4v) is 0.691. The Morgan fingerprint density at radius 3 is 2.29 bits per heavy atom. The Bertz CT molecular complexity index is 82.2. The fraction of sp³-hybridized carbons (Fsp3) is 0.667. The minimum atomic E-state index is 0.347. The van der Waals surface area contributed by atoms with Gasteiger partial charge in [0.25, 0.3) is 0 Å². The predicted molar refractivity (Wildman–Crippen MR) is 31.2 cm³/mol. The second kappa shape index (κ2) is 1.34. The Kier molecular flexibility index (Phi) is 0.927. The number of hydrogen-bond acceptors (Lipinski definition) is 1. The molecule has 7 heavy (non-hydrogen) atoms. The molecule has 40 valence electrons. The molecule has 0 amide bonds. The fourth-order valence-electron chi connectivity index (χ4n) is 0.691. The Morgan fingerprint density at radius 1 is 1.71 bits per heavy atom. The van der Waals surface area contributed by atoms with Crippen LogP contribution in [0.2, 0.25) is 0 Å². The standard InChI is InChI=1S/C6H11N/c1-3-6(7-2)4-5-6/h3,7H,1,4-5H2,2H3. The minimum Gasteiger partial charge on any atom is -0.311 e. The number of rotatable bonds is 2. The monoisotopic (exact) mass is 97.1 g/mol. The summed E-state index contributed by atoms with van der Waals surface area (Å²) in [7, 11) is 1.98. The lowest BCUT2D eigenvalue weighted by Crippen LogP contribution is -2.23. The molecule has 1 N–H and O–H groups in total. The zero-order chi connectivity index (χ0) is 5.33. The number of hydrogen-bond donors (Lipinski definition) is 1. The maximum atomic E-state index is 3.70. The van der Waals surface area contributed by atoms with Gasteiger partial charge >= 0.3 is 0 Å². The van der Waals surface area contributed by atoms with Crippen molar-refractivity contribution in [2.75, 3.05) is 7.05 Å². The Morgan fingerprint density at radius 2 is 2.29 bits per heavy atom. The maximum absolute atomic E-state index is 3.70. The van der Waals surface area contributed by atoms with Crippen LogP contribution in [0.4, 0.5) is 0 Å². The summed E-state index contributed by atoms with van der Waals surface area (Å²) in [6, 6.07) is 0. The summed E-state index contributed by atoms with van der Waals surface area (Å²) < 4.78 is 0. The number of likely N-dealkylation sites (N-methyl/N-ethyl adjacent to an activating group) is 1. The molecule has 0 aliphatic heterocycles. The van der Waals surface area contributed by atoms with Gasteiger partial charge in [-0.05, 0) is 19.9 Å². The molecule has 0 radical (unpaired) electrons. The molecule has 1 saturated carbocycles. The summed E-state index contributed by atoms with van der Waals surface area (Å²) >= 11 is 0. The molecule has 0 unspecified atom stereocenters. The van der Waals surface area contributed by atoms with Crippen molar-refractivity contribution in [2.45, 2.75) is 18.4 Å². The van der Waals surface area contributed by atoms with Gasteiger partial charge in [-0.1, -0.05) is 6.08 Å². The van der Waals surface area contributed by atoms with Crippen LogP contribution >= 0.6 is 0 Å². The van der Waals surface area contributed by atoms with E-state index in [0.717, 1.165) is 0 Å². The van der Waals surface area contributed by atoms with Crippen molar-refractivity contribution in [1.82, 2.24) is 5.32 Å². The molecular formula is C6H11N. The first-order valence-corrected chi connectivity index (χ1v) is 2.65. The molecule has 1 aliphatic carbocycles. The molecule has 1 rings (SSSR count). The summed E-state index contributed by atoms with van der Waals surface area (Å²) in [4.78, 5) is 0. The van der Waals surface area contributed by atoms with Crippen molar-refractivity contribution in [1.29, 1.82) is 0 Å². The highest BCUT2D eigenvalue weighted by atomic mass is 15.0. The molecule has 0 bridgehead atoms. The SMILES string of the molecule is C=CC1(NC)CC1. The predicted octanol–water partition coefficient (Wildman–Crippen LogP) is 0.924. The van der Waals surface area contributed by atoms with Gasteiger partial charge in [-0.3, -0.25) is 0 Å². The van der Waals surface area contributed by atoms with E-state index in [4.69, 9.17) is 0 Å². The lowest BCUT2D eigenvalue weighted by Gasteiger charge is -2.03. The van der Waals surface area contributed by atoms with Crippen molar-refractivity contribution in [3.8, 4) is 0 Å². The van der Waals surface area contributed by atoms with Gasteiger partial charge in [0.05, 0.1) is 0 Å². The van der Waals surface area contributed by atoms with Crippen LogP contribution in [0.5, 0.6) is 0 Å². The van der Waals surface area contributed by atoms with E-state index in [1.807, 2.05) is 13.1 Å². The number of nitrogens with one attached hydrogen (secondary N) is 1. The van der Waals surface area contributed by atoms with Crippen LogP contribution in [-0.2, 0) is 0 Å². The summed E-state index contributed by atoms with van der Waals surface area (Å²) in [5.74, 6) is 0. The van der Waals surface area contributed by atoms with Crippen LogP contribution < -0.4 is 5.32 Å². The first kappa shape index (κ1) is 4.85. The lowest BCUT2D eigenvalue weighted by molar-refractivity contribution is 0.672. The molecule has 0 aromatic heterocycles. The second-order valence-electron chi connectivity index (χ2n) is 2.11. The van der Waals surface area contributed by atoms with Crippen molar-refractivity contribution < 1.29 is 0 Å². The van der Waals surface area contributed by atoms with Gasteiger partial charge in [-0.25, -0.2) is 0 Å². The van der Waals surface area contributed by atoms with Gasteiger partial charge in [-0.15, -0.1) is 6.58 Å². The van der Waals surface area contributed by atoms with Gasteiger partial charge in [-0.2, -0.15) is 0 Å². The van der Waals surface area contributed by atoms with E-state index in [0.29, 0.717) is 5.54 Å². The van der Waals surface area contributed by atoms with Crippen molar-refractivity contribution in [3.63, 3.8) is 0 Å². The molecule has 0 aromatic carbocycles. The van der Waals surface area contributed by atoms with Crippen LogP contribution in [0, 0.1) is 0 Å². The van der Waals surface area contributed by atoms with E-state index in [1.54, 1.807) is 0 Å². The van der Waals surface area contributed by atoms with Gasteiger partial charge in [0.15, 0.2) is 0 Å². The van der Waals surface area contributed by atoms with Crippen LogP contribution in [0.3, 0.4) is 0 Å². The largest absolute Gasteiger partial charge is 0.311 e. The zero-order valence-electron chi connectivity index (χ0n) is 4.70. The zero-order valence-corrected chi connectivity index (χ0v) is 4.70. The summed E-state index contributed by atoms with van der Waals surface area (Å²) in [5.41, 5.74) is 0.347. The van der Waals surface area contributed by atoms with Gasteiger partial charge in [0.1, 0.15) is 0 Å². The third kappa shape index (κ3) is 0.682. The van der Waals surface area contributed by atoms with E-state index in [-0.39, 0.29) is 0 Å². The molecular weight excluding hydrogens is 86.1 g/mol. The molecule has 1 heteroatoms. The molecule has 1 nitrogen and oxygen atoms in total. The van der Waals surface area contributed by atoms with E-state index < -0.39 is 0 Å². The quantitative estimate of drug-likeness (QED) is 0.505. The average molecular weight is 97.2 g/mol. The first-order chi connectivity index (χ1) is 3.33. The van der Waals surface area contributed by atoms with Crippen LogP contribution in [-0.4, -0.2) is 12.6 Å². The molecule has 0 saturated heterocycles. The van der Waals surface area contributed by atoms with Gasteiger partial charge in [0.2, 0.25) is 0 Å². The topological polar surface area (TPSA) is 12.0 Å². The molecule has 1 fully saturated rings. The highest BCUT2D eigenvalue weighted by molar-refractivity contribution is 5.13. The van der Waals surface area contributed by atoms with Crippen LogP contribution in [0.15, 0.2) is 12.7 Å². The third-order valence-electron chi connectivity index (χ3n) is 1.68. The Balaban J connectivity index is 2.42. The summed E-state index contributed by atoms with van der Waals surface area (Å²) in [5, 5.41) is 3.18. The average Bonchev–Trinajstić information content (AvgIpc) is 2.46. The Hall–Kier alpha value is -0.300. The lowest BCUT2D eigenvalue weighted by atomic mass is 10.3. The highest BCUT2D eigenvalue weighted by Gasteiger charge is 2.37. The van der Waals surface area contributed by atoms with Crippen molar-refractivity contribution in [2.24, 2.45) is 0 Å². The maximum Gasteiger partial charge on any atom is 0.0360 e. The van der Waals surface area contributed by atoms with Crippen LogP contribution in [0.1, 0.15) is 12.8 Å².